The highest BCUT2D eigenvalue weighted by molar-refractivity contribution is 6.01. The van der Waals surface area contributed by atoms with Crippen LogP contribution in [0.1, 0.15) is 38.8 Å². The predicted molar refractivity (Wildman–Crippen MR) is 133 cm³/mol. The molecular weight excluding hydrogens is 445 g/mol. The maximum atomic E-state index is 13.9. The molecule has 0 bridgehead atoms. The van der Waals surface area contributed by atoms with E-state index in [0.717, 1.165) is 0 Å². The van der Waals surface area contributed by atoms with E-state index >= 15 is 0 Å². The highest BCUT2D eigenvalue weighted by Crippen LogP contribution is 2.30. The van der Waals surface area contributed by atoms with Crippen LogP contribution in [0, 0.1) is 5.82 Å². The number of nitrogens with zero attached hydrogens (tertiary/aromatic N) is 4. The van der Waals surface area contributed by atoms with Crippen LogP contribution in [-0.4, -0.2) is 32.3 Å². The Labute approximate surface area is 203 Å². The number of halogens is 1. The number of amides is 2. The van der Waals surface area contributed by atoms with Gasteiger partial charge in [0.2, 0.25) is 11.8 Å². The Hall–Kier alpha value is -4.07. The first-order chi connectivity index (χ1) is 16.8. The molecule has 1 heterocycles. The third-order valence-electron chi connectivity index (χ3n) is 6.05. The van der Waals surface area contributed by atoms with Crippen LogP contribution >= 0.6 is 0 Å². The van der Waals surface area contributed by atoms with Crippen molar-refractivity contribution in [1.82, 2.24) is 20.3 Å². The predicted octanol–water partition coefficient (Wildman–Crippen LogP) is 4.65. The Balaban J connectivity index is 1.79. The van der Waals surface area contributed by atoms with Gasteiger partial charge in [-0.3, -0.25) is 14.5 Å². The summed E-state index contributed by atoms with van der Waals surface area (Å²) in [5.41, 5.74) is 1.92. The second-order valence-corrected chi connectivity index (χ2v) is 9.02. The van der Waals surface area contributed by atoms with Gasteiger partial charge >= 0.3 is 0 Å². The number of anilines is 1. The number of fused-ring (bicyclic) bond motifs is 1. The first-order valence-corrected chi connectivity index (χ1v) is 11.5. The van der Waals surface area contributed by atoms with Gasteiger partial charge < -0.3 is 5.32 Å². The number of nitrogens with one attached hydrogen (secondary N) is 1. The van der Waals surface area contributed by atoms with E-state index in [1.807, 2.05) is 63.2 Å². The maximum absolute atomic E-state index is 13.9. The summed E-state index contributed by atoms with van der Waals surface area (Å²) in [6.07, 6.45) is 0.704. The van der Waals surface area contributed by atoms with Gasteiger partial charge in [0.15, 0.2) is 0 Å². The van der Waals surface area contributed by atoms with Crippen molar-refractivity contribution in [3.63, 3.8) is 0 Å². The van der Waals surface area contributed by atoms with Crippen molar-refractivity contribution in [3.8, 4) is 0 Å². The summed E-state index contributed by atoms with van der Waals surface area (Å²) in [5.74, 6) is -1.15. The molecule has 0 saturated carbocycles. The Kier molecular flexibility index (Phi) is 6.91. The first-order valence-electron chi connectivity index (χ1n) is 11.5. The Morgan fingerprint density at radius 3 is 2.34 bits per heavy atom. The van der Waals surface area contributed by atoms with Gasteiger partial charge in [-0.1, -0.05) is 54.6 Å². The highest BCUT2D eigenvalue weighted by Gasteiger charge is 2.35. The smallest absolute Gasteiger partial charge is 0.249 e. The fraction of sp³-hybridized carbons (Fsp3) is 0.259. The van der Waals surface area contributed by atoms with Crippen LogP contribution in [0.25, 0.3) is 11.0 Å². The van der Waals surface area contributed by atoms with Gasteiger partial charge in [0.1, 0.15) is 23.9 Å². The second-order valence-electron chi connectivity index (χ2n) is 9.02. The molecule has 0 saturated heterocycles. The molecule has 8 heteroatoms. The van der Waals surface area contributed by atoms with Gasteiger partial charge in [-0.05, 0) is 62.2 Å². The monoisotopic (exact) mass is 473 g/mol. The van der Waals surface area contributed by atoms with Crippen LogP contribution in [0.3, 0.4) is 0 Å². The van der Waals surface area contributed by atoms with Crippen LogP contribution in [-0.2, 0) is 16.1 Å². The molecule has 0 fully saturated rings. The summed E-state index contributed by atoms with van der Waals surface area (Å²) in [4.78, 5) is 29.0. The molecule has 35 heavy (non-hydrogen) atoms. The molecule has 0 spiro atoms. The van der Waals surface area contributed by atoms with Crippen molar-refractivity contribution < 1.29 is 14.0 Å². The summed E-state index contributed by atoms with van der Waals surface area (Å²) >= 11 is 0. The van der Waals surface area contributed by atoms with E-state index in [0.29, 0.717) is 28.7 Å². The number of carbonyl (C=O) groups excluding carboxylic acids is 2. The molecule has 2 amide bonds. The number of carbonyl (C=O) groups is 2. The van der Waals surface area contributed by atoms with E-state index in [1.165, 1.54) is 33.8 Å². The first kappa shape index (κ1) is 24.1. The zero-order valence-corrected chi connectivity index (χ0v) is 20.0. The van der Waals surface area contributed by atoms with E-state index in [1.54, 1.807) is 12.1 Å². The number of benzene rings is 3. The SMILES string of the molecule is CCC(C)(C)NC(=O)[C@@H](c1ccccc1)N(C(=O)Cn1nnc2ccccc21)c1ccc(F)cc1. The van der Waals surface area contributed by atoms with E-state index in [-0.39, 0.29) is 18.4 Å². The summed E-state index contributed by atoms with van der Waals surface area (Å²) in [7, 11) is 0. The summed E-state index contributed by atoms with van der Waals surface area (Å²) in [6, 6.07) is 21.0. The fourth-order valence-corrected chi connectivity index (χ4v) is 3.82. The number of hydrogen-bond donors (Lipinski definition) is 1. The lowest BCUT2D eigenvalue weighted by Gasteiger charge is -2.34. The van der Waals surface area contributed by atoms with Gasteiger partial charge in [0, 0.05) is 11.2 Å². The average molecular weight is 474 g/mol. The van der Waals surface area contributed by atoms with E-state index < -0.39 is 17.4 Å². The fourth-order valence-electron chi connectivity index (χ4n) is 3.82. The van der Waals surface area contributed by atoms with Gasteiger partial charge in [-0.15, -0.1) is 5.10 Å². The zero-order chi connectivity index (χ0) is 25.0. The third-order valence-corrected chi connectivity index (χ3v) is 6.05. The molecule has 1 N–H and O–H groups in total. The van der Waals surface area contributed by atoms with Crippen molar-refractivity contribution >= 4 is 28.5 Å². The van der Waals surface area contributed by atoms with Crippen molar-refractivity contribution in [2.75, 3.05) is 4.90 Å². The van der Waals surface area contributed by atoms with Crippen LogP contribution in [0.2, 0.25) is 0 Å². The van der Waals surface area contributed by atoms with Crippen molar-refractivity contribution in [1.29, 1.82) is 0 Å². The van der Waals surface area contributed by atoms with Gasteiger partial charge in [-0.2, -0.15) is 0 Å². The molecule has 1 atom stereocenters. The standard InChI is InChI=1S/C27H28FN5O2/c1-4-27(2,3)29-26(35)25(19-10-6-5-7-11-19)33(21-16-14-20(28)15-17-21)24(34)18-32-23-13-9-8-12-22(23)30-31-32/h5-17,25H,4,18H2,1-3H3,(H,29,35)/t25-/m1/s1. The van der Waals surface area contributed by atoms with E-state index in [2.05, 4.69) is 15.6 Å². The largest absolute Gasteiger partial charge is 0.349 e. The van der Waals surface area contributed by atoms with Crippen LogP contribution in [0.4, 0.5) is 10.1 Å². The molecule has 180 valence electrons. The molecular formula is C27H28FN5O2. The van der Waals surface area contributed by atoms with Gasteiger partial charge in [-0.25, -0.2) is 9.07 Å². The number of aromatic nitrogens is 3. The van der Waals surface area contributed by atoms with E-state index in [4.69, 9.17) is 0 Å². The molecule has 0 aliphatic heterocycles. The summed E-state index contributed by atoms with van der Waals surface area (Å²) in [5, 5.41) is 11.3. The minimum atomic E-state index is -0.977. The Morgan fingerprint density at radius 2 is 1.66 bits per heavy atom. The molecule has 0 aliphatic carbocycles. The van der Waals surface area contributed by atoms with Crippen molar-refractivity contribution in [2.24, 2.45) is 0 Å². The quantitative estimate of drug-likeness (QED) is 0.404. The second kappa shape index (κ2) is 10.0. The van der Waals surface area contributed by atoms with Crippen LogP contribution < -0.4 is 10.2 Å². The molecule has 0 radical (unpaired) electrons. The molecule has 3 aromatic carbocycles. The lowest BCUT2D eigenvalue weighted by molar-refractivity contribution is -0.128. The molecule has 0 unspecified atom stereocenters. The topological polar surface area (TPSA) is 80.1 Å². The number of para-hydroxylation sites is 1. The maximum Gasteiger partial charge on any atom is 0.249 e. The minimum Gasteiger partial charge on any atom is -0.349 e. The molecule has 7 nitrogen and oxygen atoms in total. The van der Waals surface area contributed by atoms with Gasteiger partial charge in [0.05, 0.1) is 5.52 Å². The average Bonchev–Trinajstić information content (AvgIpc) is 3.26. The van der Waals surface area contributed by atoms with Crippen LogP contribution in [0.5, 0.6) is 0 Å². The van der Waals surface area contributed by atoms with E-state index in [9.17, 15) is 14.0 Å². The number of rotatable bonds is 8. The Morgan fingerprint density at radius 1 is 1.00 bits per heavy atom. The number of hydrogen-bond acceptors (Lipinski definition) is 4. The molecule has 1 aromatic heterocycles. The zero-order valence-electron chi connectivity index (χ0n) is 20.0. The molecule has 4 rings (SSSR count). The van der Waals surface area contributed by atoms with Crippen molar-refractivity contribution in [3.05, 3.63) is 90.2 Å². The normalized spacial score (nSPS) is 12.3. The minimum absolute atomic E-state index is 0.147. The lowest BCUT2D eigenvalue weighted by atomic mass is 9.98. The summed E-state index contributed by atoms with van der Waals surface area (Å²) < 4.78 is 15.3. The lowest BCUT2D eigenvalue weighted by Crippen LogP contribution is -2.51. The van der Waals surface area contributed by atoms with Crippen LogP contribution in [0.15, 0.2) is 78.9 Å². The highest BCUT2D eigenvalue weighted by atomic mass is 19.1. The Bertz CT molecular complexity index is 1320. The van der Waals surface area contributed by atoms with Gasteiger partial charge in [0.25, 0.3) is 0 Å². The van der Waals surface area contributed by atoms with Crippen molar-refractivity contribution in [2.45, 2.75) is 45.3 Å². The third kappa shape index (κ3) is 5.37. The molecule has 4 aromatic rings. The molecule has 0 aliphatic rings. The summed E-state index contributed by atoms with van der Waals surface area (Å²) in [6.45, 7) is 5.69.